The van der Waals surface area contributed by atoms with E-state index >= 15 is 0 Å². The molecule has 0 N–H and O–H groups in total. The van der Waals surface area contributed by atoms with Crippen LogP contribution in [0, 0.1) is 0 Å². The molecule has 0 saturated heterocycles. The first kappa shape index (κ1) is 76.1. The average Bonchev–Trinajstić information content (AvgIpc) is 3.45. The number of hydrogen-bond donors (Lipinski definition) is 0. The quantitative estimate of drug-likeness (QED) is 0.0261. The molecule has 0 bridgehead atoms. The number of allylic oxidation sites excluding steroid dienone is 10. The van der Waals surface area contributed by atoms with Crippen LogP contribution >= 0.6 is 0 Å². The highest BCUT2D eigenvalue weighted by molar-refractivity contribution is 5.71. The van der Waals surface area contributed by atoms with Crippen molar-refractivity contribution in [3.05, 3.63) is 60.8 Å². The lowest BCUT2D eigenvalue weighted by molar-refractivity contribution is -0.167. The van der Waals surface area contributed by atoms with Crippen LogP contribution in [0.5, 0.6) is 0 Å². The summed E-state index contributed by atoms with van der Waals surface area (Å²) in [5.41, 5.74) is 0. The smallest absolute Gasteiger partial charge is 0.306 e. The Balaban J connectivity index is 4.12. The number of esters is 3. The fourth-order valence-electron chi connectivity index (χ4n) is 10.3. The summed E-state index contributed by atoms with van der Waals surface area (Å²) < 4.78 is 16.9. The number of carbonyl (C=O) groups excluding carboxylic acids is 3. The monoisotopic (exact) mass is 1110 g/mol. The van der Waals surface area contributed by atoms with Crippen LogP contribution in [0.1, 0.15) is 367 Å². The van der Waals surface area contributed by atoms with Gasteiger partial charge < -0.3 is 14.2 Å². The molecule has 1 unspecified atom stereocenters. The third kappa shape index (κ3) is 65.8. The van der Waals surface area contributed by atoms with Crippen LogP contribution in [0.25, 0.3) is 0 Å². The number of rotatable bonds is 64. The Kier molecular flexibility index (Phi) is 65.1. The van der Waals surface area contributed by atoms with Crippen molar-refractivity contribution in [2.24, 2.45) is 0 Å². The number of hydrogen-bond acceptors (Lipinski definition) is 6. The van der Waals surface area contributed by atoms with Gasteiger partial charge in [0.1, 0.15) is 13.2 Å². The Bertz CT molecular complexity index is 1410. The minimum atomic E-state index is -0.774. The van der Waals surface area contributed by atoms with Crippen LogP contribution < -0.4 is 0 Å². The fourth-order valence-corrected chi connectivity index (χ4v) is 10.3. The summed E-state index contributed by atoms with van der Waals surface area (Å²) in [5, 5.41) is 0. The number of unbranched alkanes of at least 4 members (excludes halogenated alkanes) is 43. The van der Waals surface area contributed by atoms with Crippen molar-refractivity contribution in [2.75, 3.05) is 13.2 Å². The molecule has 0 spiro atoms. The van der Waals surface area contributed by atoms with Gasteiger partial charge in [0, 0.05) is 19.3 Å². The second-order valence-electron chi connectivity index (χ2n) is 23.4. The van der Waals surface area contributed by atoms with E-state index in [0.29, 0.717) is 19.3 Å². The standard InChI is InChI=1S/C73H132O6/c1-4-7-10-13-16-19-21-23-25-27-29-31-33-34-35-36-37-38-40-41-43-45-47-49-51-54-57-60-63-66-72(75)78-69-70(68-77-71(74)65-62-59-56-53-18-15-12-9-6-3)79-73(76)67-64-61-58-55-52-50-48-46-44-42-39-32-30-28-26-24-22-20-17-14-11-8-5-2/h8,11,17,20,24,26-27,29-30,32,70H,4-7,9-10,12-16,18-19,21-23,25,28,31,33-69H2,1-3H3/b11-8-,20-17-,26-24-,29-27-,32-30-. The summed E-state index contributed by atoms with van der Waals surface area (Å²) in [5.74, 6) is -0.857. The molecule has 460 valence electrons. The minimum absolute atomic E-state index is 0.0714. The number of carbonyl (C=O) groups is 3. The zero-order valence-corrected chi connectivity index (χ0v) is 52.9. The molecule has 0 saturated carbocycles. The van der Waals surface area contributed by atoms with E-state index in [0.717, 1.165) is 83.5 Å². The van der Waals surface area contributed by atoms with E-state index in [-0.39, 0.29) is 31.1 Å². The first-order valence-corrected chi connectivity index (χ1v) is 34.8. The van der Waals surface area contributed by atoms with Crippen LogP contribution in [0.4, 0.5) is 0 Å². The largest absolute Gasteiger partial charge is 0.462 e. The van der Waals surface area contributed by atoms with Gasteiger partial charge in [-0.25, -0.2) is 0 Å². The highest BCUT2D eigenvalue weighted by atomic mass is 16.6. The molecule has 0 rings (SSSR count). The van der Waals surface area contributed by atoms with Gasteiger partial charge in [-0.05, 0) is 83.5 Å². The maximum atomic E-state index is 12.9. The van der Waals surface area contributed by atoms with Crippen molar-refractivity contribution >= 4 is 17.9 Å². The molecule has 0 aromatic rings. The molecule has 0 aromatic carbocycles. The summed E-state index contributed by atoms with van der Waals surface area (Å²) in [4.78, 5) is 38.3. The normalized spacial score (nSPS) is 12.4. The van der Waals surface area contributed by atoms with E-state index in [9.17, 15) is 14.4 Å². The first-order valence-electron chi connectivity index (χ1n) is 34.8. The third-order valence-electron chi connectivity index (χ3n) is 15.5. The van der Waals surface area contributed by atoms with Gasteiger partial charge in [0.2, 0.25) is 0 Å². The Labute approximate surface area is 491 Å². The second-order valence-corrected chi connectivity index (χ2v) is 23.4. The van der Waals surface area contributed by atoms with E-state index < -0.39 is 6.10 Å². The summed E-state index contributed by atoms with van der Waals surface area (Å²) >= 11 is 0. The molecule has 6 heteroatoms. The van der Waals surface area contributed by atoms with Crippen LogP contribution in [0.15, 0.2) is 60.8 Å². The van der Waals surface area contributed by atoms with E-state index in [1.165, 1.54) is 244 Å². The topological polar surface area (TPSA) is 78.9 Å². The lowest BCUT2D eigenvalue weighted by atomic mass is 10.0. The van der Waals surface area contributed by atoms with Crippen molar-refractivity contribution in [1.29, 1.82) is 0 Å². The maximum absolute atomic E-state index is 12.9. The lowest BCUT2D eigenvalue weighted by Crippen LogP contribution is -2.30. The summed E-state index contributed by atoms with van der Waals surface area (Å²) in [7, 11) is 0. The van der Waals surface area contributed by atoms with Crippen LogP contribution in [0.3, 0.4) is 0 Å². The Morgan fingerprint density at radius 1 is 0.266 bits per heavy atom. The predicted octanol–water partition coefficient (Wildman–Crippen LogP) is 23.9. The molecule has 0 amide bonds. The summed E-state index contributed by atoms with van der Waals surface area (Å²) in [6.07, 6.45) is 86.9. The van der Waals surface area contributed by atoms with Crippen molar-refractivity contribution in [3.8, 4) is 0 Å². The molecule has 0 radical (unpaired) electrons. The van der Waals surface area contributed by atoms with E-state index in [4.69, 9.17) is 14.2 Å². The molecule has 0 aliphatic rings. The van der Waals surface area contributed by atoms with Crippen molar-refractivity contribution < 1.29 is 28.6 Å². The second kappa shape index (κ2) is 67.6. The van der Waals surface area contributed by atoms with Gasteiger partial charge in [-0.2, -0.15) is 0 Å². The molecule has 79 heavy (non-hydrogen) atoms. The van der Waals surface area contributed by atoms with E-state index in [2.05, 4.69) is 81.5 Å². The highest BCUT2D eigenvalue weighted by Crippen LogP contribution is 2.18. The Morgan fingerprint density at radius 2 is 0.494 bits per heavy atom. The van der Waals surface area contributed by atoms with E-state index in [1.807, 2.05) is 0 Å². The van der Waals surface area contributed by atoms with Gasteiger partial charge in [-0.3, -0.25) is 14.4 Å². The van der Waals surface area contributed by atoms with Crippen molar-refractivity contribution in [2.45, 2.75) is 374 Å². The van der Waals surface area contributed by atoms with Gasteiger partial charge in [-0.1, -0.05) is 326 Å². The molecule has 0 aliphatic carbocycles. The van der Waals surface area contributed by atoms with Crippen molar-refractivity contribution in [3.63, 3.8) is 0 Å². The molecule has 0 fully saturated rings. The van der Waals surface area contributed by atoms with Gasteiger partial charge >= 0.3 is 17.9 Å². The van der Waals surface area contributed by atoms with Gasteiger partial charge in [0.15, 0.2) is 6.10 Å². The van der Waals surface area contributed by atoms with Crippen LogP contribution in [-0.4, -0.2) is 37.2 Å². The lowest BCUT2D eigenvalue weighted by Gasteiger charge is -2.18. The predicted molar refractivity (Wildman–Crippen MR) is 344 cm³/mol. The Morgan fingerprint density at radius 3 is 0.785 bits per heavy atom. The van der Waals surface area contributed by atoms with Gasteiger partial charge in [-0.15, -0.1) is 0 Å². The van der Waals surface area contributed by atoms with Gasteiger partial charge in [0.25, 0.3) is 0 Å². The van der Waals surface area contributed by atoms with Crippen LogP contribution in [0.2, 0.25) is 0 Å². The first-order chi connectivity index (χ1) is 39.0. The van der Waals surface area contributed by atoms with E-state index in [1.54, 1.807) is 0 Å². The molecular formula is C73H132O6. The molecular weight excluding hydrogens is 973 g/mol. The zero-order valence-electron chi connectivity index (χ0n) is 52.9. The molecule has 0 aliphatic heterocycles. The van der Waals surface area contributed by atoms with Gasteiger partial charge in [0.05, 0.1) is 0 Å². The average molecular weight is 1110 g/mol. The fraction of sp³-hybridized carbons (Fsp3) is 0.822. The summed E-state index contributed by atoms with van der Waals surface area (Å²) in [6, 6.07) is 0. The highest BCUT2D eigenvalue weighted by Gasteiger charge is 2.19. The zero-order chi connectivity index (χ0) is 57.1. The molecule has 6 nitrogen and oxygen atoms in total. The maximum Gasteiger partial charge on any atom is 0.306 e. The third-order valence-corrected chi connectivity index (χ3v) is 15.5. The van der Waals surface area contributed by atoms with Crippen LogP contribution in [-0.2, 0) is 28.6 Å². The molecule has 1 atom stereocenters. The molecule has 0 aromatic heterocycles. The minimum Gasteiger partial charge on any atom is -0.462 e. The van der Waals surface area contributed by atoms with Crippen molar-refractivity contribution in [1.82, 2.24) is 0 Å². The Hall–Kier alpha value is -2.89. The SMILES string of the molecule is CC/C=C\C/C=C\C/C=C\C/C=C\CCCCCCCCCCCCC(=O)OC(COC(=O)CCCCCCCCCCC)COC(=O)CCCCCCCCCCCCCCCCCCC/C=C\CCCCCCCCCC. The number of ether oxygens (including phenoxy) is 3. The molecule has 0 heterocycles. The summed E-state index contributed by atoms with van der Waals surface area (Å²) in [6.45, 7) is 6.56.